The van der Waals surface area contributed by atoms with E-state index in [0.717, 1.165) is 11.4 Å². The summed E-state index contributed by atoms with van der Waals surface area (Å²) in [5.74, 6) is 0. The molecule has 0 radical (unpaired) electrons. The fraction of sp³-hybridized carbons (Fsp3) is 0.275. The van der Waals surface area contributed by atoms with Crippen molar-refractivity contribution in [2.24, 2.45) is 0 Å². The van der Waals surface area contributed by atoms with Crippen molar-refractivity contribution >= 4 is 18.1 Å². The first-order valence-corrected chi connectivity index (χ1v) is 19.4. The minimum atomic E-state index is -2.76. The van der Waals surface area contributed by atoms with Gasteiger partial charge in [-0.05, 0) is 0 Å². The second kappa shape index (κ2) is 13.4. The van der Waals surface area contributed by atoms with Crippen LogP contribution in [0.5, 0.6) is 0 Å². The monoisotopic (exact) mass is 716 g/mol. The van der Waals surface area contributed by atoms with Crippen LogP contribution in [0.4, 0.5) is 0 Å². The molecule has 0 saturated carbocycles. The fourth-order valence-electron chi connectivity index (χ4n) is 6.57. The molecule has 0 fully saturated rings. The molecule has 0 unspecified atom stereocenters. The van der Waals surface area contributed by atoms with Gasteiger partial charge in [-0.2, -0.15) is 0 Å². The third kappa shape index (κ3) is 6.73. The normalized spacial score (nSPS) is 14.0. The molecule has 0 heterocycles. The Morgan fingerprint density at radius 3 is 1.84 bits per heavy atom. The van der Waals surface area contributed by atoms with Crippen molar-refractivity contribution in [3.63, 3.8) is 0 Å². The van der Waals surface area contributed by atoms with Crippen LogP contribution in [0, 0.1) is 6.92 Å². The van der Waals surface area contributed by atoms with Crippen LogP contribution in [0.1, 0.15) is 80.5 Å². The van der Waals surface area contributed by atoms with Crippen LogP contribution in [0.3, 0.4) is 0 Å². The van der Waals surface area contributed by atoms with Crippen LogP contribution in [0.25, 0.3) is 11.1 Å². The molecule has 2 aliphatic rings. The molecule has 0 amide bonds. The molecule has 0 aromatic heterocycles. The summed E-state index contributed by atoms with van der Waals surface area (Å²) in [4.78, 5) is 0. The Bertz CT molecular complexity index is 1700. The van der Waals surface area contributed by atoms with Crippen LogP contribution >= 0.6 is 11.6 Å². The molecule has 6 rings (SSSR count). The Hall–Kier alpha value is -2.02. The summed E-state index contributed by atoms with van der Waals surface area (Å²) in [6, 6.07) is 30.0. The fourth-order valence-corrected chi connectivity index (χ4v) is 16.0. The molecule has 0 N–H and O–H groups in total. The number of hydrogen-bond donors (Lipinski definition) is 0. The van der Waals surface area contributed by atoms with Gasteiger partial charge in [0.05, 0.1) is 0 Å². The molecular weight excluding hydrogens is 678 g/mol. The van der Waals surface area contributed by atoms with Gasteiger partial charge in [-0.15, -0.1) is 0 Å². The average molecular weight is 719 g/mol. The minimum absolute atomic E-state index is 0. The first-order chi connectivity index (χ1) is 19.9. The van der Waals surface area contributed by atoms with E-state index in [4.69, 9.17) is 11.6 Å². The molecule has 4 aromatic rings. The number of rotatable bonds is 4. The van der Waals surface area contributed by atoms with Crippen molar-refractivity contribution in [1.29, 1.82) is 0 Å². The van der Waals surface area contributed by atoms with E-state index < -0.39 is 21.3 Å². The zero-order valence-corrected chi connectivity index (χ0v) is 31.5. The van der Waals surface area contributed by atoms with Crippen LogP contribution < -0.4 is 28.1 Å². The van der Waals surface area contributed by atoms with E-state index in [2.05, 4.69) is 152 Å². The molecule has 4 aromatic carbocycles. The SMILES string of the molecule is Cc1ccc([C](c2ccc(Cl)cc2)=[Zr+2]([c]2c(C(C)(C)C)ccc3c2Cc2cc(C(C)(C)C)ccc2-3)[CH]2C=CC=C2)cc1.[Cl-].[Cl-]. The van der Waals surface area contributed by atoms with Gasteiger partial charge in [0.2, 0.25) is 0 Å². The maximum Gasteiger partial charge on any atom is -1.00 e. The van der Waals surface area contributed by atoms with Crippen LogP contribution in [-0.4, -0.2) is 3.21 Å². The predicted molar refractivity (Wildman–Crippen MR) is 180 cm³/mol. The smallest absolute Gasteiger partial charge is 1.00 e. The Morgan fingerprint density at radius 1 is 0.705 bits per heavy atom. The zero-order valence-electron chi connectivity index (χ0n) is 26.7. The number of benzene rings is 4. The van der Waals surface area contributed by atoms with Crippen molar-refractivity contribution in [2.75, 3.05) is 0 Å². The van der Waals surface area contributed by atoms with E-state index in [9.17, 15) is 0 Å². The van der Waals surface area contributed by atoms with E-state index in [1.807, 2.05) is 0 Å². The van der Waals surface area contributed by atoms with Gasteiger partial charge >= 0.3 is 267 Å². The first-order valence-electron chi connectivity index (χ1n) is 15.1. The molecule has 0 nitrogen and oxygen atoms in total. The Labute approximate surface area is 289 Å². The van der Waals surface area contributed by atoms with E-state index in [0.29, 0.717) is 3.63 Å². The third-order valence-electron chi connectivity index (χ3n) is 8.84. The van der Waals surface area contributed by atoms with E-state index in [1.54, 1.807) is 12.0 Å². The summed E-state index contributed by atoms with van der Waals surface area (Å²) in [5.41, 5.74) is 13.0. The maximum atomic E-state index is 6.45. The average Bonchev–Trinajstić information content (AvgIpc) is 3.59. The molecule has 0 spiro atoms. The summed E-state index contributed by atoms with van der Waals surface area (Å²) in [6.45, 7) is 16.3. The molecule has 0 aliphatic heterocycles. The second-order valence-corrected chi connectivity index (χ2v) is 20.6. The van der Waals surface area contributed by atoms with Gasteiger partial charge in [0.15, 0.2) is 0 Å². The molecule has 2 aliphatic carbocycles. The van der Waals surface area contributed by atoms with Gasteiger partial charge in [-0.3, -0.25) is 0 Å². The molecule has 0 bridgehead atoms. The Kier molecular flexibility index (Phi) is 10.6. The van der Waals surface area contributed by atoms with Crippen molar-refractivity contribution in [1.82, 2.24) is 0 Å². The molecule has 0 atom stereocenters. The van der Waals surface area contributed by atoms with Crippen molar-refractivity contribution in [2.45, 2.75) is 69.3 Å². The van der Waals surface area contributed by atoms with E-state index in [-0.39, 0.29) is 35.6 Å². The number of aryl methyl sites for hydroxylation is 1. The largest absolute Gasteiger partial charge is 1.00 e. The minimum Gasteiger partial charge on any atom is -1.00 e. The topological polar surface area (TPSA) is 0 Å². The third-order valence-corrected chi connectivity index (χ3v) is 17.2. The molecule has 44 heavy (non-hydrogen) atoms. The molecule has 226 valence electrons. The summed E-state index contributed by atoms with van der Waals surface area (Å²) < 4.78 is 3.68. The van der Waals surface area contributed by atoms with Gasteiger partial charge in [-0.1, -0.05) is 0 Å². The van der Waals surface area contributed by atoms with Crippen molar-refractivity contribution in [3.8, 4) is 11.1 Å². The van der Waals surface area contributed by atoms with Gasteiger partial charge in [-0.25, -0.2) is 0 Å². The predicted octanol–water partition coefficient (Wildman–Crippen LogP) is 4.25. The number of allylic oxidation sites excluding steroid dienone is 4. The summed E-state index contributed by atoms with van der Waals surface area (Å²) in [6.07, 6.45) is 10.5. The standard InChI is InChI=1S/C21H25.C14H11Cl.C5H5.2ClH.Zr/c1-20(2,3)16-7-9-18-14(12-16)11-15-13-17(21(4,5)6)8-10-19(15)18;1-11-2-4-12(5-3-11)10-13-6-8-14(15)9-7-13;1-2-4-5-3-1;;;/h7-10,12H,11H2,1-6H3;2-9H,1H3;1-5H;2*1H;/q;;;;;+2/p-2. The number of hydrogen-bond acceptors (Lipinski definition) is 0. The van der Waals surface area contributed by atoms with E-state index >= 15 is 0 Å². The molecular formula is C40H41Cl3Zr. The summed E-state index contributed by atoms with van der Waals surface area (Å²) in [7, 11) is 0. The maximum absolute atomic E-state index is 6.45. The molecule has 0 saturated heterocycles. The van der Waals surface area contributed by atoms with Crippen molar-refractivity contribution in [3.05, 3.63) is 147 Å². The van der Waals surface area contributed by atoms with Gasteiger partial charge in [0.1, 0.15) is 0 Å². The molecule has 4 heteroatoms. The van der Waals surface area contributed by atoms with Crippen molar-refractivity contribution < 1.29 is 46.1 Å². The van der Waals surface area contributed by atoms with Gasteiger partial charge in [0, 0.05) is 0 Å². The van der Waals surface area contributed by atoms with Crippen LogP contribution in [0.15, 0.2) is 103 Å². The van der Waals surface area contributed by atoms with E-state index in [1.165, 1.54) is 44.5 Å². The van der Waals surface area contributed by atoms with Crippen LogP contribution in [-0.2, 0) is 38.5 Å². The Balaban J connectivity index is 0.00000221. The summed E-state index contributed by atoms with van der Waals surface area (Å²) in [5, 5.41) is 0.786. The first kappa shape index (κ1) is 34.8. The zero-order chi connectivity index (χ0) is 29.8. The Morgan fingerprint density at radius 2 is 1.27 bits per heavy atom. The number of halogens is 3. The second-order valence-electron chi connectivity index (χ2n) is 14.0. The van der Waals surface area contributed by atoms with Gasteiger partial charge < -0.3 is 24.8 Å². The quantitative estimate of drug-likeness (QED) is 0.261. The number of fused-ring (bicyclic) bond motifs is 3. The van der Waals surface area contributed by atoms with Crippen LogP contribution in [0.2, 0.25) is 8.65 Å². The van der Waals surface area contributed by atoms with Gasteiger partial charge in [0.25, 0.3) is 0 Å². The summed E-state index contributed by atoms with van der Waals surface area (Å²) >= 11 is 3.69.